The molecule has 1 unspecified atom stereocenters. The van der Waals surface area contributed by atoms with E-state index < -0.39 is 0 Å². The largest absolute Gasteiger partial charge is 0.480 e. The predicted octanol–water partition coefficient (Wildman–Crippen LogP) is 2.03. The number of amides is 1. The van der Waals surface area contributed by atoms with Gasteiger partial charge in [0.2, 0.25) is 17.7 Å². The molecular weight excluding hydrogens is 338 g/mol. The summed E-state index contributed by atoms with van der Waals surface area (Å²) in [5, 5.41) is 0.853. The third kappa shape index (κ3) is 4.84. The van der Waals surface area contributed by atoms with Crippen molar-refractivity contribution in [2.75, 3.05) is 25.5 Å². The van der Waals surface area contributed by atoms with Gasteiger partial charge in [0.15, 0.2) is 0 Å². The molecule has 1 aromatic rings. The maximum absolute atomic E-state index is 12.1. The monoisotopic (exact) mass is 357 g/mol. The first kappa shape index (κ1) is 16.0. The number of ether oxygens (including phenoxy) is 2. The second kappa shape index (κ2) is 8.17. The van der Waals surface area contributed by atoms with Gasteiger partial charge in [-0.2, -0.15) is 4.98 Å². The Morgan fingerprint density at radius 2 is 2.29 bits per heavy atom. The van der Waals surface area contributed by atoms with E-state index in [0.29, 0.717) is 24.7 Å². The number of likely N-dealkylation sites (tertiary alicyclic amines) is 1. The van der Waals surface area contributed by atoms with Gasteiger partial charge in [0.25, 0.3) is 0 Å². The van der Waals surface area contributed by atoms with E-state index in [0.717, 1.165) is 31.1 Å². The fraction of sp³-hybridized carbons (Fsp3) is 0.643. The maximum Gasteiger partial charge on any atom is 0.235 e. The zero-order chi connectivity index (χ0) is 15.1. The number of aromatic nitrogens is 2. The number of hydrogen-bond acceptors (Lipinski definition) is 5. The minimum absolute atomic E-state index is 0.0342. The fourth-order valence-corrected chi connectivity index (χ4v) is 2.57. The first-order valence-corrected chi connectivity index (χ1v) is 8.21. The molecule has 0 radical (unpaired) electrons. The van der Waals surface area contributed by atoms with Crippen molar-refractivity contribution in [3.05, 3.63) is 12.4 Å². The number of nitrogens with zero attached hydrogens (tertiary/aromatic N) is 3. The minimum atomic E-state index is -0.0342. The van der Waals surface area contributed by atoms with E-state index in [2.05, 4.69) is 25.9 Å². The third-order valence-electron chi connectivity index (χ3n) is 3.34. The summed E-state index contributed by atoms with van der Waals surface area (Å²) in [4.78, 5) is 22.1. The van der Waals surface area contributed by atoms with Crippen LogP contribution >= 0.6 is 15.9 Å². The molecule has 0 aromatic carbocycles. The molecule has 7 heteroatoms. The van der Waals surface area contributed by atoms with Crippen molar-refractivity contribution in [1.82, 2.24) is 14.9 Å². The van der Waals surface area contributed by atoms with E-state index >= 15 is 0 Å². The summed E-state index contributed by atoms with van der Waals surface area (Å²) < 4.78 is 10.9. The fourth-order valence-electron chi connectivity index (χ4n) is 2.29. The van der Waals surface area contributed by atoms with Crippen LogP contribution in [0.1, 0.15) is 25.7 Å². The Morgan fingerprint density at radius 3 is 3.05 bits per heavy atom. The number of carbonyl (C=O) groups excluding carboxylic acids is 1. The standard InChI is InChI=1S/C14H20BrN3O3/c1-20-12-8-16-9-13(17-12)21-11-4-3-7-18(10-11)14(19)5-2-6-15/h8-9,11H,2-7,10H2,1H3. The van der Waals surface area contributed by atoms with Crippen LogP contribution in [-0.2, 0) is 4.79 Å². The normalized spacial score (nSPS) is 18.4. The highest BCUT2D eigenvalue weighted by atomic mass is 79.9. The van der Waals surface area contributed by atoms with Crippen LogP contribution in [0.15, 0.2) is 12.4 Å². The van der Waals surface area contributed by atoms with Crippen LogP contribution in [0, 0.1) is 0 Å². The molecule has 116 valence electrons. The summed E-state index contributed by atoms with van der Waals surface area (Å²) in [7, 11) is 1.54. The number of alkyl halides is 1. The molecule has 2 rings (SSSR count). The summed E-state index contributed by atoms with van der Waals surface area (Å²) in [6.45, 7) is 1.42. The number of carbonyl (C=O) groups is 1. The van der Waals surface area contributed by atoms with Gasteiger partial charge in [-0.05, 0) is 19.3 Å². The van der Waals surface area contributed by atoms with Gasteiger partial charge >= 0.3 is 0 Å². The first-order chi connectivity index (χ1) is 10.2. The van der Waals surface area contributed by atoms with Gasteiger partial charge in [0.1, 0.15) is 6.10 Å². The summed E-state index contributed by atoms with van der Waals surface area (Å²) in [5.41, 5.74) is 0. The van der Waals surface area contributed by atoms with E-state index in [9.17, 15) is 4.79 Å². The van der Waals surface area contributed by atoms with E-state index in [1.54, 1.807) is 13.3 Å². The Bertz CT molecular complexity index is 473. The molecule has 21 heavy (non-hydrogen) atoms. The lowest BCUT2D eigenvalue weighted by Gasteiger charge is -2.32. The number of methoxy groups -OCH3 is 1. The zero-order valence-corrected chi connectivity index (χ0v) is 13.7. The van der Waals surface area contributed by atoms with Crippen molar-refractivity contribution >= 4 is 21.8 Å². The molecule has 0 aliphatic carbocycles. The quantitative estimate of drug-likeness (QED) is 0.728. The van der Waals surface area contributed by atoms with Gasteiger partial charge in [-0.25, -0.2) is 0 Å². The number of halogens is 1. The summed E-state index contributed by atoms with van der Waals surface area (Å²) in [6.07, 6.45) is 6.37. The van der Waals surface area contributed by atoms with Crippen LogP contribution in [-0.4, -0.2) is 52.4 Å². The molecular formula is C14H20BrN3O3. The average Bonchev–Trinajstić information content (AvgIpc) is 2.53. The van der Waals surface area contributed by atoms with E-state index in [1.165, 1.54) is 6.20 Å². The van der Waals surface area contributed by atoms with Gasteiger partial charge in [-0.15, -0.1) is 0 Å². The highest BCUT2D eigenvalue weighted by Gasteiger charge is 2.24. The lowest BCUT2D eigenvalue weighted by molar-refractivity contribution is -0.133. The van der Waals surface area contributed by atoms with E-state index in [4.69, 9.17) is 9.47 Å². The number of piperidine rings is 1. The lowest BCUT2D eigenvalue weighted by atomic mass is 10.1. The second-order valence-corrected chi connectivity index (χ2v) is 5.71. The SMILES string of the molecule is COc1cncc(OC2CCCN(C(=O)CCCBr)C2)n1. The summed E-state index contributed by atoms with van der Waals surface area (Å²) in [5.74, 6) is 1.06. The van der Waals surface area contributed by atoms with Crippen molar-refractivity contribution in [3.63, 3.8) is 0 Å². The zero-order valence-electron chi connectivity index (χ0n) is 12.1. The van der Waals surface area contributed by atoms with Gasteiger partial charge in [0, 0.05) is 18.3 Å². The molecule has 0 bridgehead atoms. The van der Waals surface area contributed by atoms with Crippen LogP contribution in [0.25, 0.3) is 0 Å². The highest BCUT2D eigenvalue weighted by Crippen LogP contribution is 2.18. The topological polar surface area (TPSA) is 64.6 Å². The van der Waals surface area contributed by atoms with Crippen molar-refractivity contribution in [3.8, 4) is 11.8 Å². The molecule has 1 saturated heterocycles. The maximum atomic E-state index is 12.1. The Kier molecular flexibility index (Phi) is 6.22. The molecule has 1 atom stereocenters. The Labute approximate surface area is 133 Å². The molecule has 0 spiro atoms. The summed E-state index contributed by atoms with van der Waals surface area (Å²) in [6, 6.07) is 0. The molecule has 1 fully saturated rings. The number of hydrogen-bond donors (Lipinski definition) is 0. The van der Waals surface area contributed by atoms with Gasteiger partial charge < -0.3 is 14.4 Å². The van der Waals surface area contributed by atoms with Crippen molar-refractivity contribution in [2.24, 2.45) is 0 Å². The first-order valence-electron chi connectivity index (χ1n) is 7.09. The Balaban J connectivity index is 1.90. The van der Waals surface area contributed by atoms with Crippen LogP contribution < -0.4 is 9.47 Å². The predicted molar refractivity (Wildman–Crippen MR) is 81.8 cm³/mol. The van der Waals surface area contributed by atoms with Crippen LogP contribution in [0.2, 0.25) is 0 Å². The lowest BCUT2D eigenvalue weighted by Crippen LogP contribution is -2.44. The molecule has 0 N–H and O–H groups in total. The van der Waals surface area contributed by atoms with Crippen molar-refractivity contribution < 1.29 is 14.3 Å². The molecule has 0 saturated carbocycles. The van der Waals surface area contributed by atoms with Crippen LogP contribution in [0.5, 0.6) is 11.8 Å². The smallest absolute Gasteiger partial charge is 0.235 e. The van der Waals surface area contributed by atoms with E-state index in [-0.39, 0.29) is 12.0 Å². The third-order valence-corrected chi connectivity index (χ3v) is 3.90. The van der Waals surface area contributed by atoms with Gasteiger partial charge in [-0.3, -0.25) is 9.78 Å². The van der Waals surface area contributed by atoms with Crippen LogP contribution in [0.3, 0.4) is 0 Å². The van der Waals surface area contributed by atoms with Crippen LogP contribution in [0.4, 0.5) is 0 Å². The summed E-state index contributed by atoms with van der Waals surface area (Å²) >= 11 is 3.35. The average molecular weight is 358 g/mol. The van der Waals surface area contributed by atoms with E-state index in [1.807, 2.05) is 4.90 Å². The molecule has 2 heterocycles. The second-order valence-electron chi connectivity index (χ2n) is 4.91. The minimum Gasteiger partial charge on any atom is -0.480 e. The molecule has 6 nitrogen and oxygen atoms in total. The Hall–Kier alpha value is -1.37. The highest BCUT2D eigenvalue weighted by molar-refractivity contribution is 9.09. The van der Waals surface area contributed by atoms with Gasteiger partial charge in [-0.1, -0.05) is 15.9 Å². The molecule has 1 aliphatic rings. The van der Waals surface area contributed by atoms with Crippen molar-refractivity contribution in [2.45, 2.75) is 31.8 Å². The molecule has 1 amide bonds. The van der Waals surface area contributed by atoms with Crippen molar-refractivity contribution in [1.29, 1.82) is 0 Å². The molecule has 1 aromatic heterocycles. The van der Waals surface area contributed by atoms with Gasteiger partial charge in [0.05, 0.1) is 26.0 Å². The molecule has 1 aliphatic heterocycles. The Morgan fingerprint density at radius 1 is 1.48 bits per heavy atom. The number of rotatable bonds is 6.